The molecule has 0 radical (unpaired) electrons. The van der Waals surface area contributed by atoms with Gasteiger partial charge in [-0.3, -0.25) is 0 Å². The maximum Gasteiger partial charge on any atom is 0.142 e. The van der Waals surface area contributed by atoms with Gasteiger partial charge in [0.2, 0.25) is 0 Å². The monoisotopic (exact) mass is 275 g/mol. The second-order valence-electron chi connectivity index (χ2n) is 6.37. The molecule has 2 aliphatic rings. The topological polar surface area (TPSA) is 44.5 Å². The minimum absolute atomic E-state index is 0.171. The summed E-state index contributed by atoms with van der Waals surface area (Å²) in [5.41, 5.74) is 8.00. The van der Waals surface area contributed by atoms with E-state index in [1.54, 1.807) is 0 Å². The van der Waals surface area contributed by atoms with Crippen LogP contribution in [0.4, 0.5) is 5.69 Å². The van der Waals surface area contributed by atoms with E-state index in [0.29, 0.717) is 12.3 Å². The number of anilines is 1. The molecule has 1 saturated carbocycles. The molecule has 1 aromatic rings. The molecule has 1 aliphatic heterocycles. The van der Waals surface area contributed by atoms with Crippen molar-refractivity contribution in [2.45, 2.75) is 63.6 Å². The fourth-order valence-electron chi connectivity index (χ4n) is 3.53. The van der Waals surface area contributed by atoms with Crippen molar-refractivity contribution >= 4 is 5.69 Å². The lowest BCUT2D eigenvalue weighted by atomic mass is 9.83. The molecule has 3 nitrogen and oxygen atoms in total. The summed E-state index contributed by atoms with van der Waals surface area (Å²) in [6.45, 7) is 2.67. The van der Waals surface area contributed by atoms with Gasteiger partial charge >= 0.3 is 0 Å². The van der Waals surface area contributed by atoms with E-state index in [9.17, 15) is 0 Å². The van der Waals surface area contributed by atoms with E-state index in [1.807, 2.05) is 18.2 Å². The highest BCUT2D eigenvalue weighted by Crippen LogP contribution is 2.42. The van der Waals surface area contributed by atoms with Crippen LogP contribution in [-0.4, -0.2) is 18.3 Å². The number of nitrogen functional groups attached to an aromatic ring is 1. The first-order valence-electron chi connectivity index (χ1n) is 7.84. The smallest absolute Gasteiger partial charge is 0.142 e. The lowest BCUT2D eigenvalue weighted by molar-refractivity contribution is -0.0748. The zero-order valence-corrected chi connectivity index (χ0v) is 12.4. The van der Waals surface area contributed by atoms with Crippen molar-refractivity contribution < 1.29 is 9.47 Å². The molecule has 3 heteroatoms. The van der Waals surface area contributed by atoms with Crippen molar-refractivity contribution in [1.82, 2.24) is 0 Å². The average molecular weight is 275 g/mol. The SMILES string of the molecule is Cc1ccc(N)c(OCC2CCC3(CCCCC3)O2)c1. The van der Waals surface area contributed by atoms with Crippen LogP contribution in [-0.2, 0) is 4.74 Å². The zero-order chi connectivity index (χ0) is 14.0. The minimum atomic E-state index is 0.171. The van der Waals surface area contributed by atoms with Crippen LogP contribution in [0.25, 0.3) is 0 Å². The molecular weight excluding hydrogens is 250 g/mol. The summed E-state index contributed by atoms with van der Waals surface area (Å²) in [7, 11) is 0. The number of aryl methyl sites for hydroxylation is 1. The number of benzene rings is 1. The molecule has 3 rings (SSSR count). The molecule has 0 aromatic heterocycles. The lowest BCUT2D eigenvalue weighted by Gasteiger charge is -2.33. The molecule has 1 atom stereocenters. The van der Waals surface area contributed by atoms with E-state index >= 15 is 0 Å². The molecule has 110 valence electrons. The molecule has 1 spiro atoms. The molecule has 2 fully saturated rings. The van der Waals surface area contributed by atoms with Gasteiger partial charge in [-0.1, -0.05) is 25.3 Å². The Morgan fingerprint density at radius 3 is 2.85 bits per heavy atom. The predicted molar refractivity (Wildman–Crippen MR) is 81.0 cm³/mol. The molecule has 1 unspecified atom stereocenters. The molecular formula is C17H25NO2. The third-order valence-corrected chi connectivity index (χ3v) is 4.70. The van der Waals surface area contributed by atoms with Gasteiger partial charge in [-0.2, -0.15) is 0 Å². The highest BCUT2D eigenvalue weighted by molar-refractivity contribution is 5.53. The Kier molecular flexibility index (Phi) is 3.88. The summed E-state index contributed by atoms with van der Waals surface area (Å²) in [5.74, 6) is 0.790. The van der Waals surface area contributed by atoms with Gasteiger partial charge < -0.3 is 15.2 Å². The molecule has 0 amide bonds. The van der Waals surface area contributed by atoms with Gasteiger partial charge in [0.1, 0.15) is 12.4 Å². The molecule has 1 aliphatic carbocycles. The highest BCUT2D eigenvalue weighted by Gasteiger charge is 2.40. The summed E-state index contributed by atoms with van der Waals surface area (Å²) >= 11 is 0. The van der Waals surface area contributed by atoms with Crippen molar-refractivity contribution in [3.05, 3.63) is 23.8 Å². The fraction of sp³-hybridized carbons (Fsp3) is 0.647. The maximum atomic E-state index is 6.32. The Balaban J connectivity index is 1.56. The third kappa shape index (κ3) is 2.93. The first-order chi connectivity index (χ1) is 9.67. The Hall–Kier alpha value is -1.22. The standard InChI is InChI=1S/C17H25NO2/c1-13-5-6-15(18)16(11-13)19-12-14-7-10-17(20-14)8-3-2-4-9-17/h5-6,11,14H,2-4,7-10,12,18H2,1H3. The van der Waals surface area contributed by atoms with Crippen LogP contribution in [0.3, 0.4) is 0 Å². The number of rotatable bonds is 3. The second-order valence-corrected chi connectivity index (χ2v) is 6.37. The summed E-state index contributed by atoms with van der Waals surface area (Å²) in [6.07, 6.45) is 9.01. The van der Waals surface area contributed by atoms with Crippen LogP contribution in [0.1, 0.15) is 50.5 Å². The van der Waals surface area contributed by atoms with Gasteiger partial charge in [0.05, 0.1) is 17.4 Å². The van der Waals surface area contributed by atoms with Gasteiger partial charge in [-0.25, -0.2) is 0 Å². The van der Waals surface area contributed by atoms with Gasteiger partial charge in [-0.05, 0) is 50.3 Å². The van der Waals surface area contributed by atoms with E-state index in [1.165, 1.54) is 44.1 Å². The van der Waals surface area contributed by atoms with Crippen LogP contribution in [0.15, 0.2) is 18.2 Å². The van der Waals surface area contributed by atoms with E-state index in [2.05, 4.69) is 6.92 Å². The molecule has 1 heterocycles. The van der Waals surface area contributed by atoms with Gasteiger partial charge in [-0.15, -0.1) is 0 Å². The Morgan fingerprint density at radius 1 is 1.25 bits per heavy atom. The highest BCUT2D eigenvalue weighted by atomic mass is 16.6. The van der Waals surface area contributed by atoms with Crippen LogP contribution in [0.2, 0.25) is 0 Å². The maximum absolute atomic E-state index is 6.32. The molecule has 1 aromatic carbocycles. The molecule has 1 saturated heterocycles. The number of ether oxygens (including phenoxy) is 2. The van der Waals surface area contributed by atoms with E-state index < -0.39 is 0 Å². The lowest BCUT2D eigenvalue weighted by Crippen LogP contribution is -2.32. The minimum Gasteiger partial charge on any atom is -0.489 e. The summed E-state index contributed by atoms with van der Waals surface area (Å²) in [6, 6.07) is 5.91. The number of hydrogen-bond donors (Lipinski definition) is 1. The van der Waals surface area contributed by atoms with Crippen molar-refractivity contribution in [2.24, 2.45) is 0 Å². The third-order valence-electron chi connectivity index (χ3n) is 4.70. The van der Waals surface area contributed by atoms with Crippen molar-refractivity contribution in [3.63, 3.8) is 0 Å². The van der Waals surface area contributed by atoms with Crippen LogP contribution >= 0.6 is 0 Å². The van der Waals surface area contributed by atoms with Crippen molar-refractivity contribution in [3.8, 4) is 5.75 Å². The summed E-state index contributed by atoms with van der Waals surface area (Å²) in [5, 5.41) is 0. The van der Waals surface area contributed by atoms with E-state index in [4.69, 9.17) is 15.2 Å². The second kappa shape index (κ2) is 5.65. The first kappa shape index (κ1) is 13.7. The zero-order valence-electron chi connectivity index (χ0n) is 12.4. The Bertz CT molecular complexity index is 466. The largest absolute Gasteiger partial charge is 0.489 e. The summed E-state index contributed by atoms with van der Waals surface area (Å²) < 4.78 is 12.2. The Morgan fingerprint density at radius 2 is 2.05 bits per heavy atom. The van der Waals surface area contributed by atoms with E-state index in [-0.39, 0.29) is 11.7 Å². The van der Waals surface area contributed by atoms with Crippen LogP contribution in [0.5, 0.6) is 5.75 Å². The summed E-state index contributed by atoms with van der Waals surface area (Å²) in [4.78, 5) is 0. The molecule has 2 N–H and O–H groups in total. The van der Waals surface area contributed by atoms with Gasteiger partial charge in [0.25, 0.3) is 0 Å². The quantitative estimate of drug-likeness (QED) is 0.852. The van der Waals surface area contributed by atoms with Gasteiger partial charge in [0, 0.05) is 0 Å². The van der Waals surface area contributed by atoms with E-state index in [0.717, 1.165) is 12.2 Å². The Labute approximate surface area is 121 Å². The normalized spacial score (nSPS) is 24.9. The van der Waals surface area contributed by atoms with Gasteiger partial charge in [0.15, 0.2) is 0 Å². The molecule has 20 heavy (non-hydrogen) atoms. The predicted octanol–water partition coefficient (Wildman–Crippen LogP) is 3.84. The first-order valence-corrected chi connectivity index (χ1v) is 7.84. The van der Waals surface area contributed by atoms with Crippen molar-refractivity contribution in [1.29, 1.82) is 0 Å². The molecule has 0 bridgehead atoms. The fourth-order valence-corrected chi connectivity index (χ4v) is 3.53. The van der Waals surface area contributed by atoms with Crippen LogP contribution in [0, 0.1) is 6.92 Å². The number of hydrogen-bond acceptors (Lipinski definition) is 3. The number of nitrogens with two attached hydrogens (primary N) is 1. The average Bonchev–Trinajstić information content (AvgIpc) is 2.84. The van der Waals surface area contributed by atoms with Crippen molar-refractivity contribution in [2.75, 3.05) is 12.3 Å². The van der Waals surface area contributed by atoms with Crippen LogP contribution < -0.4 is 10.5 Å².